The Labute approximate surface area is 76.6 Å². The van der Waals surface area contributed by atoms with Gasteiger partial charge in [0.15, 0.2) is 5.58 Å². The molecule has 2 heterocycles. The molecule has 1 atom stereocenters. The summed E-state index contributed by atoms with van der Waals surface area (Å²) >= 11 is 0. The van der Waals surface area contributed by atoms with Crippen LogP contribution in [0.5, 0.6) is 0 Å². The molecule has 0 aromatic carbocycles. The first-order valence-electron chi connectivity index (χ1n) is 4.34. The van der Waals surface area contributed by atoms with Crippen molar-refractivity contribution in [3.63, 3.8) is 0 Å². The minimum atomic E-state index is 0.305. The standard InChI is InChI=1S/C10H12N2O/c1-7(5-11)9-4-8-2-3-13-10(8)6-12-9/h2-4,6-7H,5,11H2,1H3. The van der Waals surface area contributed by atoms with Crippen LogP contribution in [0.2, 0.25) is 0 Å². The molecule has 0 saturated heterocycles. The van der Waals surface area contributed by atoms with Crippen molar-refractivity contribution in [3.05, 3.63) is 30.3 Å². The van der Waals surface area contributed by atoms with E-state index < -0.39 is 0 Å². The van der Waals surface area contributed by atoms with Crippen LogP contribution in [0.1, 0.15) is 18.5 Å². The van der Waals surface area contributed by atoms with Crippen LogP contribution in [0.3, 0.4) is 0 Å². The first-order chi connectivity index (χ1) is 6.31. The van der Waals surface area contributed by atoms with E-state index in [1.54, 1.807) is 12.5 Å². The predicted octanol–water partition coefficient (Wildman–Crippen LogP) is 1.89. The second-order valence-corrected chi connectivity index (χ2v) is 3.20. The average molecular weight is 176 g/mol. The fourth-order valence-electron chi connectivity index (χ4n) is 1.28. The summed E-state index contributed by atoms with van der Waals surface area (Å²) in [4.78, 5) is 4.28. The lowest BCUT2D eigenvalue weighted by atomic mass is 10.1. The summed E-state index contributed by atoms with van der Waals surface area (Å²) < 4.78 is 5.19. The number of nitrogens with two attached hydrogens (primary N) is 1. The lowest BCUT2D eigenvalue weighted by Crippen LogP contribution is -2.09. The molecule has 3 nitrogen and oxygen atoms in total. The Kier molecular flexibility index (Phi) is 2.02. The van der Waals surface area contributed by atoms with Crippen LogP contribution in [0, 0.1) is 0 Å². The van der Waals surface area contributed by atoms with Crippen molar-refractivity contribution in [2.24, 2.45) is 5.73 Å². The molecule has 0 fully saturated rings. The molecular formula is C10H12N2O. The van der Waals surface area contributed by atoms with Crippen LogP contribution in [0.15, 0.2) is 29.0 Å². The van der Waals surface area contributed by atoms with Gasteiger partial charge in [-0.25, -0.2) is 0 Å². The highest BCUT2D eigenvalue weighted by Gasteiger charge is 2.06. The van der Waals surface area contributed by atoms with Crippen molar-refractivity contribution in [1.29, 1.82) is 0 Å². The largest absolute Gasteiger partial charge is 0.463 e. The molecule has 68 valence electrons. The summed E-state index contributed by atoms with van der Waals surface area (Å²) in [5.41, 5.74) is 7.41. The monoisotopic (exact) mass is 176 g/mol. The smallest absolute Gasteiger partial charge is 0.152 e. The minimum Gasteiger partial charge on any atom is -0.463 e. The molecule has 2 aromatic heterocycles. The van der Waals surface area contributed by atoms with Gasteiger partial charge >= 0.3 is 0 Å². The number of rotatable bonds is 2. The molecule has 13 heavy (non-hydrogen) atoms. The molecule has 0 saturated carbocycles. The Morgan fingerprint density at radius 1 is 1.62 bits per heavy atom. The van der Waals surface area contributed by atoms with Gasteiger partial charge in [0.1, 0.15) is 0 Å². The Morgan fingerprint density at radius 2 is 2.46 bits per heavy atom. The molecule has 0 radical (unpaired) electrons. The van der Waals surface area contributed by atoms with Gasteiger partial charge < -0.3 is 10.2 Å². The fraction of sp³-hybridized carbons (Fsp3) is 0.300. The van der Waals surface area contributed by atoms with Crippen molar-refractivity contribution in [1.82, 2.24) is 4.98 Å². The van der Waals surface area contributed by atoms with Gasteiger partial charge in [-0.15, -0.1) is 0 Å². The van der Waals surface area contributed by atoms with Crippen molar-refractivity contribution in [3.8, 4) is 0 Å². The van der Waals surface area contributed by atoms with E-state index in [2.05, 4.69) is 11.9 Å². The van der Waals surface area contributed by atoms with E-state index in [1.165, 1.54) is 0 Å². The first-order valence-corrected chi connectivity index (χ1v) is 4.34. The second-order valence-electron chi connectivity index (χ2n) is 3.20. The van der Waals surface area contributed by atoms with Gasteiger partial charge in [0, 0.05) is 23.5 Å². The van der Waals surface area contributed by atoms with Gasteiger partial charge in [-0.1, -0.05) is 6.92 Å². The summed E-state index contributed by atoms with van der Waals surface area (Å²) in [5, 5.41) is 1.09. The summed E-state index contributed by atoms with van der Waals surface area (Å²) in [6.45, 7) is 2.69. The van der Waals surface area contributed by atoms with Gasteiger partial charge in [0.2, 0.25) is 0 Å². The van der Waals surface area contributed by atoms with Gasteiger partial charge in [0.25, 0.3) is 0 Å². The van der Waals surface area contributed by atoms with Crippen LogP contribution < -0.4 is 5.73 Å². The molecule has 1 unspecified atom stereocenters. The van der Waals surface area contributed by atoms with Crippen molar-refractivity contribution < 1.29 is 4.42 Å². The summed E-state index contributed by atoms with van der Waals surface area (Å²) in [6.07, 6.45) is 3.42. The zero-order valence-corrected chi connectivity index (χ0v) is 7.53. The molecule has 0 aliphatic heterocycles. The highest BCUT2D eigenvalue weighted by molar-refractivity contribution is 5.76. The van der Waals surface area contributed by atoms with Crippen LogP contribution >= 0.6 is 0 Å². The topological polar surface area (TPSA) is 52.0 Å². The lowest BCUT2D eigenvalue weighted by molar-refractivity contribution is 0.613. The molecular weight excluding hydrogens is 164 g/mol. The number of nitrogens with zero attached hydrogens (tertiary/aromatic N) is 1. The highest BCUT2D eigenvalue weighted by atomic mass is 16.3. The molecule has 2 N–H and O–H groups in total. The fourth-order valence-corrected chi connectivity index (χ4v) is 1.28. The van der Waals surface area contributed by atoms with Gasteiger partial charge in [0.05, 0.1) is 12.5 Å². The number of hydrogen-bond donors (Lipinski definition) is 1. The van der Waals surface area contributed by atoms with Crippen LogP contribution in [0.25, 0.3) is 11.0 Å². The molecule has 2 rings (SSSR count). The lowest BCUT2D eigenvalue weighted by Gasteiger charge is -2.06. The Morgan fingerprint density at radius 3 is 3.23 bits per heavy atom. The van der Waals surface area contributed by atoms with E-state index in [9.17, 15) is 0 Å². The Hall–Kier alpha value is -1.35. The molecule has 0 aliphatic carbocycles. The Bertz CT molecular complexity index is 408. The van der Waals surface area contributed by atoms with E-state index in [0.29, 0.717) is 12.5 Å². The maximum Gasteiger partial charge on any atom is 0.152 e. The van der Waals surface area contributed by atoms with E-state index in [-0.39, 0.29) is 0 Å². The van der Waals surface area contributed by atoms with Crippen LogP contribution in [-0.2, 0) is 0 Å². The van der Waals surface area contributed by atoms with Crippen molar-refractivity contribution in [2.45, 2.75) is 12.8 Å². The maximum absolute atomic E-state index is 5.56. The van der Waals surface area contributed by atoms with Gasteiger partial charge in [-0.2, -0.15) is 0 Å². The van der Waals surface area contributed by atoms with Crippen LogP contribution in [-0.4, -0.2) is 11.5 Å². The van der Waals surface area contributed by atoms with E-state index >= 15 is 0 Å². The summed E-state index contributed by atoms with van der Waals surface area (Å²) in [5.74, 6) is 0.305. The molecule has 3 heteroatoms. The molecule has 2 aromatic rings. The molecule has 0 aliphatic rings. The normalized spacial score (nSPS) is 13.4. The zero-order chi connectivity index (χ0) is 9.26. The van der Waals surface area contributed by atoms with Gasteiger partial charge in [-0.05, 0) is 12.1 Å². The van der Waals surface area contributed by atoms with E-state index in [0.717, 1.165) is 16.7 Å². The van der Waals surface area contributed by atoms with Crippen molar-refractivity contribution in [2.75, 3.05) is 6.54 Å². The quantitative estimate of drug-likeness (QED) is 0.760. The zero-order valence-electron chi connectivity index (χ0n) is 7.53. The maximum atomic E-state index is 5.56. The molecule has 0 bridgehead atoms. The number of pyridine rings is 1. The number of fused-ring (bicyclic) bond motifs is 1. The third-order valence-electron chi connectivity index (χ3n) is 2.22. The number of aromatic nitrogens is 1. The second kappa shape index (κ2) is 3.18. The van der Waals surface area contributed by atoms with Crippen molar-refractivity contribution >= 4 is 11.0 Å². The highest BCUT2D eigenvalue weighted by Crippen LogP contribution is 2.18. The average Bonchev–Trinajstić information content (AvgIpc) is 2.63. The minimum absolute atomic E-state index is 0.305. The SMILES string of the molecule is CC(CN)c1cc2ccoc2cn1. The summed E-state index contributed by atoms with van der Waals surface area (Å²) in [6, 6.07) is 3.96. The molecule has 0 amide bonds. The van der Waals surface area contributed by atoms with Crippen LogP contribution in [0.4, 0.5) is 0 Å². The number of furan rings is 1. The first kappa shape index (κ1) is 8.26. The van der Waals surface area contributed by atoms with E-state index in [1.807, 2.05) is 12.1 Å². The Balaban J connectivity index is 2.48. The molecule has 0 spiro atoms. The summed E-state index contributed by atoms with van der Waals surface area (Å²) in [7, 11) is 0. The van der Waals surface area contributed by atoms with E-state index in [4.69, 9.17) is 10.2 Å². The third kappa shape index (κ3) is 1.42. The predicted molar refractivity (Wildman–Crippen MR) is 51.5 cm³/mol. The third-order valence-corrected chi connectivity index (χ3v) is 2.22. The number of hydrogen-bond acceptors (Lipinski definition) is 3. The van der Waals surface area contributed by atoms with Gasteiger partial charge in [-0.3, -0.25) is 4.98 Å².